The molecule has 0 heterocycles. The molecule has 1 unspecified atom stereocenters. The highest BCUT2D eigenvalue weighted by molar-refractivity contribution is 4.78. The lowest BCUT2D eigenvalue weighted by molar-refractivity contribution is 0.500. The van der Waals surface area contributed by atoms with Crippen LogP contribution in [0.2, 0.25) is 0 Å². The molecule has 0 N–H and O–H groups in total. The first kappa shape index (κ1) is 10.7. The highest BCUT2D eigenvalue weighted by Gasteiger charge is 1.97. The maximum absolute atomic E-state index is 2.34. The van der Waals surface area contributed by atoms with Crippen molar-refractivity contribution in [2.24, 2.45) is 5.92 Å². The van der Waals surface area contributed by atoms with Crippen molar-refractivity contribution in [2.45, 2.75) is 52.9 Å². The SMILES string of the molecule is CC=CCC(C)CCCCC. The summed E-state index contributed by atoms with van der Waals surface area (Å²) >= 11 is 0. The molecule has 0 saturated carbocycles. The maximum atomic E-state index is 2.34. The van der Waals surface area contributed by atoms with Crippen LogP contribution in [0, 0.1) is 5.92 Å². The fourth-order valence-corrected chi connectivity index (χ4v) is 1.23. The molecule has 0 fully saturated rings. The van der Waals surface area contributed by atoms with Gasteiger partial charge in [-0.2, -0.15) is 0 Å². The summed E-state index contributed by atoms with van der Waals surface area (Å²) in [4.78, 5) is 0. The standard InChI is InChI=1S/C11H22/c1-4-6-8-10-11(3)9-7-5-2/h5,7,11H,4,6,8-10H2,1-3H3. The van der Waals surface area contributed by atoms with Gasteiger partial charge in [0.05, 0.1) is 0 Å². The Bertz CT molecular complexity index is 92.2. The lowest BCUT2D eigenvalue weighted by Crippen LogP contribution is -1.91. The molecule has 0 amide bonds. The van der Waals surface area contributed by atoms with Crippen molar-refractivity contribution in [3.63, 3.8) is 0 Å². The van der Waals surface area contributed by atoms with Gasteiger partial charge in [-0.15, -0.1) is 0 Å². The maximum Gasteiger partial charge on any atom is -0.0325 e. The molecule has 0 spiro atoms. The van der Waals surface area contributed by atoms with Crippen LogP contribution in [-0.2, 0) is 0 Å². The van der Waals surface area contributed by atoms with Gasteiger partial charge in [0.1, 0.15) is 0 Å². The van der Waals surface area contributed by atoms with Crippen molar-refractivity contribution in [1.82, 2.24) is 0 Å². The van der Waals surface area contributed by atoms with Crippen LogP contribution in [0.1, 0.15) is 52.9 Å². The van der Waals surface area contributed by atoms with Gasteiger partial charge >= 0.3 is 0 Å². The lowest BCUT2D eigenvalue weighted by atomic mass is 10.00. The first-order valence-corrected chi connectivity index (χ1v) is 4.92. The van der Waals surface area contributed by atoms with Gasteiger partial charge in [0, 0.05) is 0 Å². The second-order valence-electron chi connectivity index (χ2n) is 3.41. The summed E-state index contributed by atoms with van der Waals surface area (Å²) < 4.78 is 0. The molecule has 0 saturated heterocycles. The van der Waals surface area contributed by atoms with E-state index in [1.54, 1.807) is 0 Å². The molecule has 11 heavy (non-hydrogen) atoms. The molecular weight excluding hydrogens is 132 g/mol. The molecule has 0 radical (unpaired) electrons. The van der Waals surface area contributed by atoms with Crippen molar-refractivity contribution in [2.75, 3.05) is 0 Å². The quantitative estimate of drug-likeness (QED) is 0.398. The van der Waals surface area contributed by atoms with Crippen LogP contribution in [0.3, 0.4) is 0 Å². The molecule has 0 bridgehead atoms. The molecule has 0 aromatic rings. The van der Waals surface area contributed by atoms with Crippen LogP contribution >= 0.6 is 0 Å². The summed E-state index contributed by atoms with van der Waals surface area (Å²) in [5.74, 6) is 0.887. The summed E-state index contributed by atoms with van der Waals surface area (Å²) in [6, 6.07) is 0. The second kappa shape index (κ2) is 7.84. The van der Waals surface area contributed by atoms with E-state index in [0.29, 0.717) is 0 Å². The number of rotatable bonds is 6. The molecule has 0 aliphatic rings. The van der Waals surface area contributed by atoms with Crippen LogP contribution in [0.25, 0.3) is 0 Å². The topological polar surface area (TPSA) is 0 Å². The van der Waals surface area contributed by atoms with Gasteiger partial charge < -0.3 is 0 Å². The lowest BCUT2D eigenvalue weighted by Gasteiger charge is -2.06. The Balaban J connectivity index is 3.15. The number of allylic oxidation sites excluding steroid dienone is 2. The molecule has 0 aromatic carbocycles. The van der Waals surface area contributed by atoms with Crippen LogP contribution in [-0.4, -0.2) is 0 Å². The Kier molecular flexibility index (Phi) is 7.66. The Morgan fingerprint density at radius 2 is 2.00 bits per heavy atom. The minimum atomic E-state index is 0.887. The summed E-state index contributed by atoms with van der Waals surface area (Å²) in [6.45, 7) is 6.70. The third-order valence-corrected chi connectivity index (χ3v) is 2.07. The van der Waals surface area contributed by atoms with E-state index in [9.17, 15) is 0 Å². The van der Waals surface area contributed by atoms with Crippen LogP contribution in [0.4, 0.5) is 0 Å². The summed E-state index contributed by atoms with van der Waals surface area (Å²) in [6.07, 6.45) is 11.2. The Hall–Kier alpha value is -0.260. The van der Waals surface area contributed by atoms with Crippen molar-refractivity contribution in [3.05, 3.63) is 12.2 Å². The van der Waals surface area contributed by atoms with Crippen molar-refractivity contribution >= 4 is 0 Å². The molecule has 0 nitrogen and oxygen atoms in total. The fraction of sp³-hybridized carbons (Fsp3) is 0.818. The summed E-state index contributed by atoms with van der Waals surface area (Å²) in [5.41, 5.74) is 0. The number of hydrogen-bond acceptors (Lipinski definition) is 0. The zero-order valence-electron chi connectivity index (χ0n) is 8.27. The van der Waals surface area contributed by atoms with Gasteiger partial charge in [0.25, 0.3) is 0 Å². The Labute approximate surface area is 71.7 Å². The van der Waals surface area contributed by atoms with E-state index in [1.807, 2.05) is 0 Å². The molecule has 0 aliphatic carbocycles. The van der Waals surface area contributed by atoms with E-state index in [1.165, 1.54) is 32.1 Å². The van der Waals surface area contributed by atoms with Crippen LogP contribution in [0.5, 0.6) is 0 Å². The average Bonchev–Trinajstić information content (AvgIpc) is 2.01. The van der Waals surface area contributed by atoms with E-state index >= 15 is 0 Å². The minimum absolute atomic E-state index is 0.887. The van der Waals surface area contributed by atoms with Gasteiger partial charge in [0.15, 0.2) is 0 Å². The average molecular weight is 154 g/mol. The smallest absolute Gasteiger partial charge is 0.0325 e. The largest absolute Gasteiger partial charge is 0.0917 e. The summed E-state index contributed by atoms with van der Waals surface area (Å²) in [7, 11) is 0. The van der Waals surface area contributed by atoms with Crippen molar-refractivity contribution in [1.29, 1.82) is 0 Å². The van der Waals surface area contributed by atoms with Gasteiger partial charge in [-0.3, -0.25) is 0 Å². The van der Waals surface area contributed by atoms with E-state index in [-0.39, 0.29) is 0 Å². The van der Waals surface area contributed by atoms with Gasteiger partial charge in [-0.1, -0.05) is 51.7 Å². The first-order valence-electron chi connectivity index (χ1n) is 4.92. The molecular formula is C11H22. The number of unbranched alkanes of at least 4 members (excludes halogenated alkanes) is 2. The Morgan fingerprint density at radius 3 is 2.55 bits per heavy atom. The first-order chi connectivity index (χ1) is 5.31. The molecule has 0 aromatic heterocycles. The third kappa shape index (κ3) is 7.64. The van der Waals surface area contributed by atoms with Gasteiger partial charge in [-0.25, -0.2) is 0 Å². The monoisotopic (exact) mass is 154 g/mol. The zero-order valence-corrected chi connectivity index (χ0v) is 8.27. The van der Waals surface area contributed by atoms with Crippen LogP contribution < -0.4 is 0 Å². The predicted molar refractivity (Wildman–Crippen MR) is 52.7 cm³/mol. The highest BCUT2D eigenvalue weighted by atomic mass is 14.0. The third-order valence-electron chi connectivity index (χ3n) is 2.07. The molecule has 66 valence electrons. The van der Waals surface area contributed by atoms with E-state index in [2.05, 4.69) is 32.9 Å². The highest BCUT2D eigenvalue weighted by Crippen LogP contribution is 2.12. The van der Waals surface area contributed by atoms with Crippen LogP contribution in [0.15, 0.2) is 12.2 Å². The van der Waals surface area contributed by atoms with Crippen molar-refractivity contribution in [3.8, 4) is 0 Å². The zero-order chi connectivity index (χ0) is 8.53. The second-order valence-corrected chi connectivity index (χ2v) is 3.41. The predicted octanol–water partition coefficient (Wildman–Crippen LogP) is 4.17. The Morgan fingerprint density at radius 1 is 1.27 bits per heavy atom. The van der Waals surface area contributed by atoms with Gasteiger partial charge in [-0.05, 0) is 19.3 Å². The molecule has 1 atom stereocenters. The van der Waals surface area contributed by atoms with E-state index in [4.69, 9.17) is 0 Å². The van der Waals surface area contributed by atoms with Gasteiger partial charge in [0.2, 0.25) is 0 Å². The normalized spacial score (nSPS) is 14.1. The van der Waals surface area contributed by atoms with E-state index in [0.717, 1.165) is 5.92 Å². The molecule has 0 aliphatic heterocycles. The molecule has 0 heteroatoms. The number of hydrogen-bond donors (Lipinski definition) is 0. The van der Waals surface area contributed by atoms with E-state index < -0.39 is 0 Å². The molecule has 0 rings (SSSR count). The fourth-order valence-electron chi connectivity index (χ4n) is 1.23. The summed E-state index contributed by atoms with van der Waals surface area (Å²) in [5, 5.41) is 0. The minimum Gasteiger partial charge on any atom is -0.0917 e. The van der Waals surface area contributed by atoms with Crippen molar-refractivity contribution < 1.29 is 0 Å².